The lowest BCUT2D eigenvalue weighted by atomic mass is 10.3. The standard InChI is InChI=1S/C14H19N5O2/c1-11-8-13-16-9-12(10-19(13)17-11)14(20)15-2-3-18-4-6-21-7-5-18/h8-10H,2-7H2,1H3,(H,15,20). The lowest BCUT2D eigenvalue weighted by Crippen LogP contribution is -2.41. The number of fused-ring (bicyclic) bond motifs is 1. The van der Waals surface area contributed by atoms with Gasteiger partial charge in [0.1, 0.15) is 0 Å². The predicted molar refractivity (Wildman–Crippen MR) is 77.3 cm³/mol. The van der Waals surface area contributed by atoms with Crippen LogP contribution in [0.2, 0.25) is 0 Å². The Labute approximate surface area is 122 Å². The fourth-order valence-electron chi connectivity index (χ4n) is 2.37. The average molecular weight is 289 g/mol. The molecule has 3 heterocycles. The summed E-state index contributed by atoms with van der Waals surface area (Å²) in [5.41, 5.74) is 2.15. The van der Waals surface area contributed by atoms with Gasteiger partial charge in [0.25, 0.3) is 5.91 Å². The van der Waals surface area contributed by atoms with Crippen molar-refractivity contribution in [2.45, 2.75) is 6.92 Å². The molecule has 7 heteroatoms. The van der Waals surface area contributed by atoms with Crippen LogP contribution in [0.1, 0.15) is 16.1 Å². The number of rotatable bonds is 4. The molecule has 0 radical (unpaired) electrons. The van der Waals surface area contributed by atoms with Crippen LogP contribution < -0.4 is 5.32 Å². The molecule has 21 heavy (non-hydrogen) atoms. The highest BCUT2D eigenvalue weighted by Gasteiger charge is 2.11. The molecular weight excluding hydrogens is 270 g/mol. The van der Waals surface area contributed by atoms with E-state index in [-0.39, 0.29) is 5.91 Å². The van der Waals surface area contributed by atoms with Gasteiger partial charge in [0.05, 0.1) is 24.5 Å². The van der Waals surface area contributed by atoms with Crippen molar-refractivity contribution in [3.63, 3.8) is 0 Å². The third-order valence-corrected chi connectivity index (χ3v) is 3.51. The monoisotopic (exact) mass is 289 g/mol. The summed E-state index contributed by atoms with van der Waals surface area (Å²) in [6.07, 6.45) is 3.29. The van der Waals surface area contributed by atoms with Gasteiger partial charge in [0, 0.05) is 44.6 Å². The quantitative estimate of drug-likeness (QED) is 0.864. The number of aromatic nitrogens is 3. The number of amides is 1. The maximum absolute atomic E-state index is 12.1. The zero-order chi connectivity index (χ0) is 14.7. The van der Waals surface area contributed by atoms with Gasteiger partial charge in [-0.15, -0.1) is 0 Å². The van der Waals surface area contributed by atoms with Crippen molar-refractivity contribution in [3.05, 3.63) is 29.7 Å². The smallest absolute Gasteiger partial charge is 0.254 e. The molecule has 7 nitrogen and oxygen atoms in total. The van der Waals surface area contributed by atoms with Crippen molar-refractivity contribution in [1.29, 1.82) is 0 Å². The minimum atomic E-state index is -0.120. The second kappa shape index (κ2) is 6.19. The van der Waals surface area contributed by atoms with E-state index in [4.69, 9.17) is 4.74 Å². The minimum absolute atomic E-state index is 0.120. The number of hydrogen-bond acceptors (Lipinski definition) is 5. The zero-order valence-electron chi connectivity index (χ0n) is 12.1. The van der Waals surface area contributed by atoms with Crippen LogP contribution in [-0.4, -0.2) is 64.8 Å². The number of morpholine rings is 1. The summed E-state index contributed by atoms with van der Waals surface area (Å²) in [7, 11) is 0. The summed E-state index contributed by atoms with van der Waals surface area (Å²) in [6.45, 7) is 6.75. The van der Waals surface area contributed by atoms with Gasteiger partial charge in [-0.05, 0) is 6.92 Å². The van der Waals surface area contributed by atoms with E-state index < -0.39 is 0 Å². The van der Waals surface area contributed by atoms with E-state index in [1.165, 1.54) is 0 Å². The van der Waals surface area contributed by atoms with Crippen LogP contribution in [0, 0.1) is 6.92 Å². The van der Waals surface area contributed by atoms with Gasteiger partial charge >= 0.3 is 0 Å². The maximum atomic E-state index is 12.1. The lowest BCUT2D eigenvalue weighted by molar-refractivity contribution is 0.0383. The van der Waals surface area contributed by atoms with Crippen LogP contribution in [-0.2, 0) is 4.74 Å². The molecule has 0 spiro atoms. The normalized spacial score (nSPS) is 16.2. The number of carbonyl (C=O) groups is 1. The van der Waals surface area contributed by atoms with E-state index >= 15 is 0 Å². The highest BCUT2D eigenvalue weighted by atomic mass is 16.5. The van der Waals surface area contributed by atoms with Gasteiger partial charge in [0.15, 0.2) is 5.65 Å². The van der Waals surface area contributed by atoms with Crippen LogP contribution in [0.15, 0.2) is 18.5 Å². The summed E-state index contributed by atoms with van der Waals surface area (Å²) in [4.78, 5) is 18.6. The first-order chi connectivity index (χ1) is 10.2. The Balaban J connectivity index is 1.55. The summed E-state index contributed by atoms with van der Waals surface area (Å²) >= 11 is 0. The third-order valence-electron chi connectivity index (χ3n) is 3.51. The highest BCUT2D eigenvalue weighted by Crippen LogP contribution is 2.04. The third kappa shape index (κ3) is 3.37. The Morgan fingerprint density at radius 2 is 2.24 bits per heavy atom. The summed E-state index contributed by atoms with van der Waals surface area (Å²) < 4.78 is 6.92. The van der Waals surface area contributed by atoms with Crippen molar-refractivity contribution in [2.75, 3.05) is 39.4 Å². The molecule has 1 saturated heterocycles. The molecule has 3 rings (SSSR count). The molecule has 0 saturated carbocycles. The van der Waals surface area contributed by atoms with Gasteiger partial charge in [-0.2, -0.15) is 5.10 Å². The van der Waals surface area contributed by atoms with Crippen LogP contribution in [0.5, 0.6) is 0 Å². The predicted octanol–water partition coefficient (Wildman–Crippen LogP) is 0.0997. The van der Waals surface area contributed by atoms with Crippen molar-refractivity contribution in [1.82, 2.24) is 24.8 Å². The molecule has 1 fully saturated rings. The minimum Gasteiger partial charge on any atom is -0.379 e. The van der Waals surface area contributed by atoms with Gasteiger partial charge in [0.2, 0.25) is 0 Å². The van der Waals surface area contributed by atoms with E-state index in [1.54, 1.807) is 16.9 Å². The second-order valence-corrected chi connectivity index (χ2v) is 5.14. The summed E-state index contributed by atoms with van der Waals surface area (Å²) in [6, 6.07) is 1.88. The molecular formula is C14H19N5O2. The Hall–Kier alpha value is -1.99. The van der Waals surface area contributed by atoms with Crippen molar-refractivity contribution in [2.24, 2.45) is 0 Å². The molecule has 0 unspecified atom stereocenters. The first-order valence-corrected chi connectivity index (χ1v) is 7.13. The van der Waals surface area contributed by atoms with Gasteiger partial charge in [-0.1, -0.05) is 0 Å². The maximum Gasteiger partial charge on any atom is 0.254 e. The number of aryl methyl sites for hydroxylation is 1. The SMILES string of the molecule is Cc1cc2ncc(C(=O)NCCN3CCOCC3)cn2n1. The second-order valence-electron chi connectivity index (χ2n) is 5.14. The molecule has 1 aliphatic heterocycles. The van der Waals surface area contributed by atoms with Gasteiger partial charge in [-0.3, -0.25) is 9.69 Å². The molecule has 0 atom stereocenters. The Kier molecular flexibility index (Phi) is 4.12. The number of nitrogens with one attached hydrogen (secondary N) is 1. The topological polar surface area (TPSA) is 71.8 Å². The van der Waals surface area contributed by atoms with Crippen LogP contribution in [0.3, 0.4) is 0 Å². The molecule has 2 aromatic rings. The van der Waals surface area contributed by atoms with Gasteiger partial charge in [-0.25, -0.2) is 9.50 Å². The number of nitrogens with zero attached hydrogens (tertiary/aromatic N) is 4. The molecule has 2 aromatic heterocycles. The molecule has 1 amide bonds. The van der Waals surface area contributed by atoms with E-state index in [0.717, 1.165) is 44.2 Å². The molecule has 1 aliphatic rings. The average Bonchev–Trinajstić information content (AvgIpc) is 2.87. The van der Waals surface area contributed by atoms with E-state index in [9.17, 15) is 4.79 Å². The molecule has 1 N–H and O–H groups in total. The van der Waals surface area contributed by atoms with Crippen LogP contribution in [0.4, 0.5) is 0 Å². The molecule has 0 aliphatic carbocycles. The largest absolute Gasteiger partial charge is 0.379 e. The zero-order valence-corrected chi connectivity index (χ0v) is 12.1. The number of carbonyl (C=O) groups excluding carboxylic acids is 1. The first kappa shape index (κ1) is 14.0. The molecule has 0 aromatic carbocycles. The van der Waals surface area contributed by atoms with E-state index in [1.807, 2.05) is 13.0 Å². The van der Waals surface area contributed by atoms with Crippen molar-refractivity contribution in [3.8, 4) is 0 Å². The first-order valence-electron chi connectivity index (χ1n) is 7.13. The van der Waals surface area contributed by atoms with Gasteiger partial charge < -0.3 is 10.1 Å². The number of hydrogen-bond donors (Lipinski definition) is 1. The van der Waals surface area contributed by atoms with E-state index in [2.05, 4.69) is 20.3 Å². The summed E-state index contributed by atoms with van der Waals surface area (Å²) in [5, 5.41) is 7.18. The van der Waals surface area contributed by atoms with Crippen molar-refractivity contribution < 1.29 is 9.53 Å². The number of ether oxygens (including phenoxy) is 1. The summed E-state index contributed by atoms with van der Waals surface area (Å²) in [5.74, 6) is -0.120. The Morgan fingerprint density at radius 3 is 3.05 bits per heavy atom. The van der Waals surface area contributed by atoms with Crippen LogP contribution >= 0.6 is 0 Å². The fraction of sp³-hybridized carbons (Fsp3) is 0.500. The molecule has 0 bridgehead atoms. The Morgan fingerprint density at radius 1 is 1.43 bits per heavy atom. The van der Waals surface area contributed by atoms with Crippen LogP contribution in [0.25, 0.3) is 5.65 Å². The lowest BCUT2D eigenvalue weighted by Gasteiger charge is -2.26. The highest BCUT2D eigenvalue weighted by molar-refractivity contribution is 5.93. The van der Waals surface area contributed by atoms with Crippen molar-refractivity contribution >= 4 is 11.6 Å². The Bertz CT molecular complexity index is 633. The van der Waals surface area contributed by atoms with E-state index in [0.29, 0.717) is 12.1 Å². The molecule has 112 valence electrons. The fourth-order valence-corrected chi connectivity index (χ4v) is 2.37.